The SMILES string of the molecule is CCN1CCOC(CNC(=O)c2ccc(N)nn2)C1. The summed E-state index contributed by atoms with van der Waals surface area (Å²) in [6.07, 6.45) is 0.0272. The van der Waals surface area contributed by atoms with E-state index < -0.39 is 0 Å². The van der Waals surface area contributed by atoms with Gasteiger partial charge in [0.2, 0.25) is 0 Å². The molecule has 1 fully saturated rings. The molecule has 1 atom stereocenters. The van der Waals surface area contributed by atoms with Crippen LogP contribution in [-0.2, 0) is 4.74 Å². The van der Waals surface area contributed by atoms with Crippen molar-refractivity contribution < 1.29 is 9.53 Å². The molecule has 0 bridgehead atoms. The Morgan fingerprint density at radius 3 is 3.11 bits per heavy atom. The standard InChI is InChI=1S/C12H19N5O2/c1-2-17-5-6-19-9(8-17)7-14-12(18)10-3-4-11(13)16-15-10/h3-4,9H,2,5-8H2,1H3,(H2,13,16)(H,14,18). The monoisotopic (exact) mass is 265 g/mol. The van der Waals surface area contributed by atoms with Crippen LogP contribution in [0.3, 0.4) is 0 Å². The van der Waals surface area contributed by atoms with E-state index in [1.807, 2.05) is 0 Å². The lowest BCUT2D eigenvalue weighted by molar-refractivity contribution is -0.0246. The fourth-order valence-electron chi connectivity index (χ4n) is 1.95. The smallest absolute Gasteiger partial charge is 0.271 e. The number of nitrogen functional groups attached to an aromatic ring is 1. The molecule has 2 rings (SSSR count). The number of ether oxygens (including phenoxy) is 1. The number of hydrogen-bond acceptors (Lipinski definition) is 6. The lowest BCUT2D eigenvalue weighted by atomic mass is 10.2. The van der Waals surface area contributed by atoms with Gasteiger partial charge in [0.05, 0.1) is 12.7 Å². The summed E-state index contributed by atoms with van der Waals surface area (Å²) in [4.78, 5) is 14.1. The molecule has 1 saturated heterocycles. The number of carbonyl (C=O) groups is 1. The molecule has 0 spiro atoms. The number of aromatic nitrogens is 2. The normalized spacial score (nSPS) is 20.2. The summed E-state index contributed by atoms with van der Waals surface area (Å²) in [7, 11) is 0. The van der Waals surface area contributed by atoms with Crippen LogP contribution >= 0.6 is 0 Å². The van der Waals surface area contributed by atoms with E-state index in [0.717, 1.165) is 19.6 Å². The quantitative estimate of drug-likeness (QED) is 0.763. The second kappa shape index (κ2) is 6.44. The lowest BCUT2D eigenvalue weighted by Crippen LogP contribution is -2.47. The Labute approximate surface area is 112 Å². The summed E-state index contributed by atoms with van der Waals surface area (Å²) in [5.41, 5.74) is 5.68. The Balaban J connectivity index is 1.81. The highest BCUT2D eigenvalue weighted by Gasteiger charge is 2.20. The number of amides is 1. The first-order valence-electron chi connectivity index (χ1n) is 6.40. The van der Waals surface area contributed by atoms with Gasteiger partial charge in [-0.15, -0.1) is 10.2 Å². The molecule has 0 saturated carbocycles. The Hall–Kier alpha value is -1.73. The van der Waals surface area contributed by atoms with Crippen LogP contribution in [0.15, 0.2) is 12.1 Å². The maximum absolute atomic E-state index is 11.8. The minimum atomic E-state index is -0.260. The van der Waals surface area contributed by atoms with Gasteiger partial charge >= 0.3 is 0 Å². The maximum Gasteiger partial charge on any atom is 0.271 e. The number of nitrogens with one attached hydrogen (secondary N) is 1. The van der Waals surface area contributed by atoms with E-state index in [4.69, 9.17) is 10.5 Å². The largest absolute Gasteiger partial charge is 0.382 e. The molecule has 19 heavy (non-hydrogen) atoms. The van der Waals surface area contributed by atoms with E-state index in [1.54, 1.807) is 12.1 Å². The number of nitrogens with two attached hydrogens (primary N) is 1. The summed E-state index contributed by atoms with van der Waals surface area (Å²) < 4.78 is 5.60. The van der Waals surface area contributed by atoms with Gasteiger partial charge in [-0.2, -0.15) is 0 Å². The van der Waals surface area contributed by atoms with Crippen LogP contribution < -0.4 is 11.1 Å². The van der Waals surface area contributed by atoms with E-state index in [9.17, 15) is 4.79 Å². The highest BCUT2D eigenvalue weighted by Crippen LogP contribution is 2.04. The first-order valence-corrected chi connectivity index (χ1v) is 6.40. The zero-order chi connectivity index (χ0) is 13.7. The second-order valence-corrected chi connectivity index (χ2v) is 4.44. The Morgan fingerprint density at radius 2 is 2.42 bits per heavy atom. The molecule has 2 heterocycles. The third kappa shape index (κ3) is 3.87. The Bertz CT molecular complexity index is 423. The number of hydrogen-bond donors (Lipinski definition) is 2. The minimum Gasteiger partial charge on any atom is -0.382 e. The molecule has 1 aromatic rings. The predicted molar refractivity (Wildman–Crippen MR) is 70.6 cm³/mol. The Kier molecular flexibility index (Phi) is 4.64. The molecular formula is C12H19N5O2. The number of anilines is 1. The van der Waals surface area contributed by atoms with Crippen molar-refractivity contribution in [3.05, 3.63) is 17.8 Å². The van der Waals surface area contributed by atoms with Crippen molar-refractivity contribution >= 4 is 11.7 Å². The van der Waals surface area contributed by atoms with Crippen LogP contribution in [0, 0.1) is 0 Å². The van der Waals surface area contributed by atoms with Gasteiger partial charge in [-0.3, -0.25) is 9.69 Å². The van der Waals surface area contributed by atoms with Crippen LogP contribution in [0.2, 0.25) is 0 Å². The van der Waals surface area contributed by atoms with Gasteiger partial charge in [0.25, 0.3) is 5.91 Å². The molecule has 1 aromatic heterocycles. The van der Waals surface area contributed by atoms with Crippen molar-refractivity contribution in [3.63, 3.8) is 0 Å². The molecule has 7 heteroatoms. The third-order valence-corrected chi connectivity index (χ3v) is 3.08. The highest BCUT2D eigenvalue weighted by atomic mass is 16.5. The maximum atomic E-state index is 11.8. The van der Waals surface area contributed by atoms with Crippen molar-refractivity contribution in [2.75, 3.05) is 38.5 Å². The zero-order valence-electron chi connectivity index (χ0n) is 11.0. The second-order valence-electron chi connectivity index (χ2n) is 4.44. The van der Waals surface area contributed by atoms with Crippen LogP contribution in [0.25, 0.3) is 0 Å². The molecule has 0 radical (unpaired) electrons. The fraction of sp³-hybridized carbons (Fsp3) is 0.583. The summed E-state index contributed by atoms with van der Waals surface area (Å²) in [6, 6.07) is 3.11. The topological polar surface area (TPSA) is 93.4 Å². The van der Waals surface area contributed by atoms with Gasteiger partial charge in [0.1, 0.15) is 5.82 Å². The molecule has 0 aromatic carbocycles. The lowest BCUT2D eigenvalue weighted by Gasteiger charge is -2.32. The van der Waals surface area contributed by atoms with E-state index in [1.165, 1.54) is 0 Å². The van der Waals surface area contributed by atoms with Gasteiger partial charge in [0, 0.05) is 19.6 Å². The molecule has 3 N–H and O–H groups in total. The Morgan fingerprint density at radius 1 is 1.58 bits per heavy atom. The van der Waals surface area contributed by atoms with Crippen molar-refractivity contribution in [3.8, 4) is 0 Å². The average molecular weight is 265 g/mol. The van der Waals surface area contributed by atoms with Crippen LogP contribution in [0.1, 0.15) is 17.4 Å². The number of nitrogens with zero attached hydrogens (tertiary/aromatic N) is 3. The number of rotatable bonds is 4. The number of morpholine rings is 1. The molecule has 1 unspecified atom stereocenters. The number of likely N-dealkylation sites (N-methyl/N-ethyl adjacent to an activating group) is 1. The van der Waals surface area contributed by atoms with E-state index >= 15 is 0 Å². The molecule has 104 valence electrons. The van der Waals surface area contributed by atoms with Gasteiger partial charge in [-0.1, -0.05) is 6.92 Å². The van der Waals surface area contributed by atoms with E-state index in [0.29, 0.717) is 19.0 Å². The van der Waals surface area contributed by atoms with Crippen LogP contribution in [-0.4, -0.2) is 59.9 Å². The van der Waals surface area contributed by atoms with Crippen LogP contribution in [0.5, 0.6) is 0 Å². The summed E-state index contributed by atoms with van der Waals surface area (Å²) in [6.45, 7) is 6.08. The predicted octanol–water partition coefficient (Wildman–Crippen LogP) is -0.491. The van der Waals surface area contributed by atoms with Gasteiger partial charge < -0.3 is 15.8 Å². The van der Waals surface area contributed by atoms with Crippen molar-refractivity contribution in [2.45, 2.75) is 13.0 Å². The molecule has 1 amide bonds. The third-order valence-electron chi connectivity index (χ3n) is 3.08. The van der Waals surface area contributed by atoms with Gasteiger partial charge in [-0.25, -0.2) is 0 Å². The summed E-state index contributed by atoms with van der Waals surface area (Å²) in [5, 5.41) is 10.2. The first kappa shape index (κ1) is 13.7. The zero-order valence-corrected chi connectivity index (χ0v) is 11.0. The molecule has 1 aliphatic heterocycles. The van der Waals surface area contributed by atoms with Crippen molar-refractivity contribution in [1.82, 2.24) is 20.4 Å². The van der Waals surface area contributed by atoms with Crippen molar-refractivity contribution in [2.24, 2.45) is 0 Å². The molecule has 7 nitrogen and oxygen atoms in total. The van der Waals surface area contributed by atoms with Crippen molar-refractivity contribution in [1.29, 1.82) is 0 Å². The molecular weight excluding hydrogens is 246 g/mol. The minimum absolute atomic E-state index is 0.0272. The number of carbonyl (C=O) groups excluding carboxylic acids is 1. The van der Waals surface area contributed by atoms with E-state index in [2.05, 4.69) is 27.3 Å². The highest BCUT2D eigenvalue weighted by molar-refractivity contribution is 5.92. The first-order chi connectivity index (χ1) is 9.19. The van der Waals surface area contributed by atoms with Gasteiger partial charge in [0.15, 0.2) is 5.69 Å². The molecule has 0 aliphatic carbocycles. The summed E-state index contributed by atoms with van der Waals surface area (Å²) >= 11 is 0. The van der Waals surface area contributed by atoms with E-state index in [-0.39, 0.29) is 17.7 Å². The van der Waals surface area contributed by atoms with Crippen LogP contribution in [0.4, 0.5) is 5.82 Å². The summed E-state index contributed by atoms with van der Waals surface area (Å²) in [5.74, 6) is 0.0375. The molecule has 1 aliphatic rings. The average Bonchev–Trinajstić information content (AvgIpc) is 2.46. The fourth-order valence-corrected chi connectivity index (χ4v) is 1.95. The van der Waals surface area contributed by atoms with Gasteiger partial charge in [-0.05, 0) is 18.7 Å².